The van der Waals surface area contributed by atoms with Gasteiger partial charge in [0.2, 0.25) is 0 Å². The molecule has 7 heteroatoms. The highest BCUT2D eigenvalue weighted by Gasteiger charge is 2.05. The van der Waals surface area contributed by atoms with Crippen LogP contribution in [0.4, 0.5) is 17.1 Å². The molecule has 0 unspecified atom stereocenters. The van der Waals surface area contributed by atoms with Gasteiger partial charge in [-0.05, 0) is 78.9 Å². The first kappa shape index (κ1) is 20.1. The number of aromatic nitrogens is 2. The lowest BCUT2D eigenvalue weighted by Gasteiger charge is -2.01. The fraction of sp³-hybridized carbons (Fsp3) is 0. The molecule has 5 aromatic rings. The van der Waals surface area contributed by atoms with Crippen LogP contribution in [0.15, 0.2) is 106 Å². The largest absolute Gasteiger partial charge is 0.508 e. The SMILES string of the molecule is Oc1ccc(N=Cc2cc(N=Nc3ccc(-c4nc5ccccc5[nH]4)cc3)ccc2O)cc1. The van der Waals surface area contributed by atoms with E-state index in [4.69, 9.17) is 0 Å². The third-order valence-corrected chi connectivity index (χ3v) is 5.02. The van der Waals surface area contributed by atoms with Gasteiger partial charge in [-0.2, -0.15) is 10.2 Å². The monoisotopic (exact) mass is 433 g/mol. The quantitative estimate of drug-likeness (QED) is 0.209. The van der Waals surface area contributed by atoms with Crippen molar-refractivity contribution < 1.29 is 10.2 Å². The molecule has 160 valence electrons. The summed E-state index contributed by atoms with van der Waals surface area (Å²) in [6, 6.07) is 26.9. The number of aromatic amines is 1. The number of phenols is 2. The molecule has 0 aliphatic heterocycles. The van der Waals surface area contributed by atoms with Gasteiger partial charge in [0.05, 0.1) is 28.1 Å². The second-order valence-corrected chi connectivity index (χ2v) is 7.37. The fourth-order valence-electron chi connectivity index (χ4n) is 3.28. The van der Waals surface area contributed by atoms with Gasteiger partial charge in [0.15, 0.2) is 0 Å². The Morgan fingerprint density at radius 2 is 1.42 bits per heavy atom. The number of phenolic OH excluding ortho intramolecular Hbond substituents is 2. The van der Waals surface area contributed by atoms with E-state index >= 15 is 0 Å². The van der Waals surface area contributed by atoms with E-state index in [-0.39, 0.29) is 11.5 Å². The summed E-state index contributed by atoms with van der Waals surface area (Å²) in [4.78, 5) is 12.2. The van der Waals surface area contributed by atoms with Crippen LogP contribution in [0.3, 0.4) is 0 Å². The Hall–Kier alpha value is -4.78. The van der Waals surface area contributed by atoms with E-state index in [0.29, 0.717) is 22.6 Å². The summed E-state index contributed by atoms with van der Waals surface area (Å²) in [6.45, 7) is 0. The Kier molecular flexibility index (Phi) is 5.35. The fourth-order valence-corrected chi connectivity index (χ4v) is 3.28. The molecule has 0 fully saturated rings. The Bertz CT molecular complexity index is 1440. The van der Waals surface area contributed by atoms with Gasteiger partial charge in [-0.15, -0.1) is 0 Å². The highest BCUT2D eigenvalue weighted by molar-refractivity contribution is 5.86. The number of nitrogens with zero attached hydrogens (tertiary/aromatic N) is 4. The van der Waals surface area contributed by atoms with E-state index in [1.54, 1.807) is 48.7 Å². The highest BCUT2D eigenvalue weighted by atomic mass is 16.3. The molecule has 0 aliphatic rings. The third kappa shape index (κ3) is 4.62. The van der Waals surface area contributed by atoms with Gasteiger partial charge in [0.1, 0.15) is 17.3 Å². The molecule has 33 heavy (non-hydrogen) atoms. The summed E-state index contributed by atoms with van der Waals surface area (Å²) in [6.07, 6.45) is 1.54. The molecule has 4 aromatic carbocycles. The predicted octanol–water partition coefficient (Wildman–Crippen LogP) is 6.81. The lowest BCUT2D eigenvalue weighted by Crippen LogP contribution is -1.82. The Labute approximate surface area is 189 Å². The summed E-state index contributed by atoms with van der Waals surface area (Å²) < 4.78 is 0. The number of nitrogens with one attached hydrogen (secondary N) is 1. The van der Waals surface area contributed by atoms with Gasteiger partial charge in [-0.25, -0.2) is 4.98 Å². The van der Waals surface area contributed by atoms with Crippen LogP contribution in [0.1, 0.15) is 5.56 Å². The second-order valence-electron chi connectivity index (χ2n) is 7.37. The van der Waals surface area contributed by atoms with Crippen molar-refractivity contribution >= 4 is 34.3 Å². The van der Waals surface area contributed by atoms with Crippen LogP contribution in [-0.4, -0.2) is 26.4 Å². The van der Waals surface area contributed by atoms with Crippen molar-refractivity contribution in [1.82, 2.24) is 9.97 Å². The number of rotatable bonds is 5. The van der Waals surface area contributed by atoms with Crippen LogP contribution in [0, 0.1) is 0 Å². The summed E-state index contributed by atoms with van der Waals surface area (Å²) in [7, 11) is 0. The topological polar surface area (TPSA) is 106 Å². The second kappa shape index (κ2) is 8.76. The van der Waals surface area contributed by atoms with Crippen LogP contribution in [0.2, 0.25) is 0 Å². The van der Waals surface area contributed by atoms with Crippen LogP contribution in [-0.2, 0) is 0 Å². The average Bonchev–Trinajstić information content (AvgIpc) is 3.28. The zero-order valence-electron chi connectivity index (χ0n) is 17.4. The first-order valence-electron chi connectivity index (χ1n) is 10.3. The lowest BCUT2D eigenvalue weighted by molar-refractivity contribution is 0.474. The molecule has 3 N–H and O–H groups in total. The minimum absolute atomic E-state index is 0.0895. The normalized spacial score (nSPS) is 11.6. The molecule has 0 radical (unpaired) electrons. The van der Waals surface area contributed by atoms with E-state index in [9.17, 15) is 10.2 Å². The standard InChI is InChI=1S/C26H19N5O2/c32-22-12-9-19(10-13-22)27-16-18-15-21(11-14-25(18)33)31-30-20-7-5-17(6-8-20)26-28-23-3-1-2-4-24(23)29-26/h1-16,32-33H,(H,28,29). The summed E-state index contributed by atoms with van der Waals surface area (Å²) in [5, 5.41) is 28.1. The molecule has 0 atom stereocenters. The first-order chi connectivity index (χ1) is 16.1. The maximum atomic E-state index is 10.1. The first-order valence-corrected chi connectivity index (χ1v) is 10.3. The number of benzene rings is 4. The van der Waals surface area contributed by atoms with Crippen LogP contribution in [0.25, 0.3) is 22.4 Å². The Morgan fingerprint density at radius 3 is 2.21 bits per heavy atom. The molecule has 0 saturated heterocycles. The van der Waals surface area contributed by atoms with E-state index in [0.717, 1.165) is 22.4 Å². The number of imidazole rings is 1. The molecule has 0 amide bonds. The summed E-state index contributed by atoms with van der Waals surface area (Å²) in [5.41, 5.74) is 5.33. The molecule has 1 heterocycles. The smallest absolute Gasteiger partial charge is 0.138 e. The van der Waals surface area contributed by atoms with E-state index < -0.39 is 0 Å². The average molecular weight is 433 g/mol. The molecule has 5 rings (SSSR count). The molecule has 0 saturated carbocycles. The molecular weight excluding hydrogens is 414 g/mol. The number of aromatic hydroxyl groups is 2. The maximum Gasteiger partial charge on any atom is 0.138 e. The zero-order chi connectivity index (χ0) is 22.6. The minimum atomic E-state index is 0.0895. The number of azo groups is 1. The van der Waals surface area contributed by atoms with Crippen molar-refractivity contribution in [1.29, 1.82) is 0 Å². The molecule has 1 aromatic heterocycles. The van der Waals surface area contributed by atoms with E-state index in [2.05, 4.69) is 25.2 Å². The molecule has 7 nitrogen and oxygen atoms in total. The van der Waals surface area contributed by atoms with Crippen molar-refractivity contribution in [2.45, 2.75) is 0 Å². The van der Waals surface area contributed by atoms with Crippen LogP contribution in [0.5, 0.6) is 11.5 Å². The Morgan fingerprint density at radius 1 is 0.727 bits per heavy atom. The van der Waals surface area contributed by atoms with Crippen LogP contribution >= 0.6 is 0 Å². The molecule has 0 bridgehead atoms. The van der Waals surface area contributed by atoms with Gasteiger partial charge >= 0.3 is 0 Å². The van der Waals surface area contributed by atoms with Crippen molar-refractivity contribution in [3.05, 3.63) is 96.6 Å². The molecular formula is C26H19N5O2. The van der Waals surface area contributed by atoms with Gasteiger partial charge in [0, 0.05) is 17.3 Å². The maximum absolute atomic E-state index is 10.1. The number of para-hydroxylation sites is 2. The highest BCUT2D eigenvalue weighted by Crippen LogP contribution is 2.27. The number of aliphatic imine (C=N–C) groups is 1. The van der Waals surface area contributed by atoms with Crippen molar-refractivity contribution in [2.24, 2.45) is 15.2 Å². The molecule has 0 aliphatic carbocycles. The Balaban J connectivity index is 1.32. The number of hydrogen-bond donors (Lipinski definition) is 3. The van der Waals surface area contributed by atoms with Gasteiger partial charge < -0.3 is 15.2 Å². The molecule has 0 spiro atoms. The van der Waals surface area contributed by atoms with Crippen LogP contribution < -0.4 is 0 Å². The predicted molar refractivity (Wildman–Crippen MR) is 129 cm³/mol. The van der Waals surface area contributed by atoms with Crippen molar-refractivity contribution in [2.75, 3.05) is 0 Å². The number of hydrogen-bond acceptors (Lipinski definition) is 6. The zero-order valence-corrected chi connectivity index (χ0v) is 17.4. The van der Waals surface area contributed by atoms with Gasteiger partial charge in [-0.1, -0.05) is 12.1 Å². The summed E-state index contributed by atoms with van der Waals surface area (Å²) >= 11 is 0. The number of H-pyrrole nitrogens is 1. The number of fused-ring (bicyclic) bond motifs is 1. The summed E-state index contributed by atoms with van der Waals surface area (Å²) in [5.74, 6) is 1.06. The van der Waals surface area contributed by atoms with Crippen molar-refractivity contribution in [3.8, 4) is 22.9 Å². The minimum Gasteiger partial charge on any atom is -0.508 e. The van der Waals surface area contributed by atoms with Gasteiger partial charge in [-0.3, -0.25) is 4.99 Å². The van der Waals surface area contributed by atoms with Gasteiger partial charge in [0.25, 0.3) is 0 Å². The third-order valence-electron chi connectivity index (χ3n) is 5.02. The lowest BCUT2D eigenvalue weighted by atomic mass is 10.2. The van der Waals surface area contributed by atoms with Crippen molar-refractivity contribution in [3.63, 3.8) is 0 Å². The van der Waals surface area contributed by atoms with E-state index in [1.807, 2.05) is 48.5 Å². The van der Waals surface area contributed by atoms with E-state index in [1.165, 1.54) is 0 Å².